The summed E-state index contributed by atoms with van der Waals surface area (Å²) in [5.74, 6) is 0.576. The molecule has 0 saturated carbocycles. The number of benzene rings is 1. The molecule has 1 aromatic heterocycles. The van der Waals surface area contributed by atoms with Crippen LogP contribution < -0.4 is 5.73 Å². The van der Waals surface area contributed by atoms with E-state index in [2.05, 4.69) is 47.7 Å². The van der Waals surface area contributed by atoms with Gasteiger partial charge in [0.05, 0.1) is 12.0 Å². The van der Waals surface area contributed by atoms with Gasteiger partial charge in [-0.3, -0.25) is 0 Å². The first-order valence-electron chi connectivity index (χ1n) is 6.42. The molecule has 0 aliphatic rings. The Morgan fingerprint density at radius 2 is 1.83 bits per heavy atom. The molecule has 0 fully saturated rings. The van der Waals surface area contributed by atoms with Crippen LogP contribution in [-0.4, -0.2) is 9.55 Å². The summed E-state index contributed by atoms with van der Waals surface area (Å²) in [6.07, 6.45) is 3.68. The van der Waals surface area contributed by atoms with E-state index in [0.29, 0.717) is 5.92 Å². The number of nitrogens with zero attached hydrogens (tertiary/aromatic N) is 2. The fourth-order valence-electron chi connectivity index (χ4n) is 2.05. The molecule has 96 valence electrons. The summed E-state index contributed by atoms with van der Waals surface area (Å²) in [7, 11) is 0. The summed E-state index contributed by atoms with van der Waals surface area (Å²) in [4.78, 5) is 4.17. The zero-order valence-electron chi connectivity index (χ0n) is 11.3. The van der Waals surface area contributed by atoms with E-state index in [4.69, 9.17) is 5.73 Å². The molecule has 0 spiro atoms. The van der Waals surface area contributed by atoms with Crippen LogP contribution in [0.25, 0.3) is 0 Å². The highest BCUT2D eigenvalue weighted by molar-refractivity contribution is 5.25. The summed E-state index contributed by atoms with van der Waals surface area (Å²) in [6.45, 7) is 7.22. The van der Waals surface area contributed by atoms with E-state index in [1.807, 2.05) is 19.4 Å². The van der Waals surface area contributed by atoms with Crippen LogP contribution >= 0.6 is 0 Å². The molecule has 2 aromatic rings. The Balaban J connectivity index is 2.16. The van der Waals surface area contributed by atoms with Crippen molar-refractivity contribution >= 4 is 0 Å². The van der Waals surface area contributed by atoms with Crippen LogP contribution in [0.15, 0.2) is 36.8 Å². The minimum absolute atomic E-state index is 0.0161. The molecule has 0 amide bonds. The summed E-state index contributed by atoms with van der Waals surface area (Å²) in [5.41, 5.74) is 9.64. The Hall–Kier alpha value is -1.61. The van der Waals surface area contributed by atoms with Crippen molar-refractivity contribution in [1.82, 2.24) is 9.55 Å². The second-order valence-electron chi connectivity index (χ2n) is 5.13. The predicted octanol–water partition coefficient (Wildman–Crippen LogP) is 3.07. The first kappa shape index (κ1) is 12.8. The fraction of sp³-hybridized carbons (Fsp3) is 0.400. The maximum absolute atomic E-state index is 5.92. The third-order valence-electron chi connectivity index (χ3n) is 3.21. The van der Waals surface area contributed by atoms with Gasteiger partial charge in [0.1, 0.15) is 0 Å². The number of hydrogen-bond acceptors (Lipinski definition) is 2. The number of aromatic nitrogens is 2. The van der Waals surface area contributed by atoms with E-state index in [-0.39, 0.29) is 6.04 Å². The highest BCUT2D eigenvalue weighted by atomic mass is 15.1. The Morgan fingerprint density at radius 1 is 1.17 bits per heavy atom. The summed E-state index contributed by atoms with van der Waals surface area (Å²) >= 11 is 0. The summed E-state index contributed by atoms with van der Waals surface area (Å²) < 4.78 is 2.11. The molecule has 3 nitrogen and oxygen atoms in total. The molecule has 0 aliphatic carbocycles. The van der Waals surface area contributed by atoms with Gasteiger partial charge in [-0.15, -0.1) is 0 Å². The van der Waals surface area contributed by atoms with Crippen molar-refractivity contribution in [3.05, 3.63) is 53.6 Å². The van der Waals surface area contributed by atoms with Crippen molar-refractivity contribution in [3.8, 4) is 0 Å². The van der Waals surface area contributed by atoms with Crippen molar-refractivity contribution in [2.24, 2.45) is 5.73 Å². The van der Waals surface area contributed by atoms with Crippen molar-refractivity contribution in [1.29, 1.82) is 0 Å². The van der Waals surface area contributed by atoms with E-state index in [9.17, 15) is 0 Å². The van der Waals surface area contributed by atoms with Gasteiger partial charge in [-0.1, -0.05) is 38.1 Å². The second kappa shape index (κ2) is 5.36. The third kappa shape index (κ3) is 2.79. The Bertz CT molecular complexity index is 495. The second-order valence-corrected chi connectivity index (χ2v) is 5.13. The average molecular weight is 243 g/mol. The molecular formula is C15H21N3. The maximum atomic E-state index is 5.92. The molecular weight excluding hydrogens is 222 g/mol. The monoisotopic (exact) mass is 243 g/mol. The highest BCUT2D eigenvalue weighted by Crippen LogP contribution is 2.16. The summed E-state index contributed by atoms with van der Waals surface area (Å²) in [6, 6.07) is 8.77. The van der Waals surface area contributed by atoms with E-state index in [1.54, 1.807) is 0 Å². The smallest absolute Gasteiger partial charge is 0.0951 e. The van der Waals surface area contributed by atoms with Crippen molar-refractivity contribution < 1.29 is 0 Å². The molecule has 2 rings (SSSR count). The summed E-state index contributed by atoms with van der Waals surface area (Å²) in [5, 5.41) is 0. The zero-order valence-corrected chi connectivity index (χ0v) is 11.3. The molecule has 1 aromatic carbocycles. The lowest BCUT2D eigenvalue weighted by Gasteiger charge is -2.12. The van der Waals surface area contributed by atoms with Crippen LogP contribution in [0.3, 0.4) is 0 Å². The lowest BCUT2D eigenvalue weighted by Crippen LogP contribution is -2.12. The Morgan fingerprint density at radius 3 is 2.39 bits per heavy atom. The topological polar surface area (TPSA) is 43.8 Å². The van der Waals surface area contributed by atoms with Crippen LogP contribution in [0.4, 0.5) is 0 Å². The molecule has 18 heavy (non-hydrogen) atoms. The Kier molecular flexibility index (Phi) is 3.82. The minimum Gasteiger partial charge on any atom is -0.329 e. The van der Waals surface area contributed by atoms with Gasteiger partial charge in [-0.25, -0.2) is 4.98 Å². The molecule has 0 radical (unpaired) electrons. The third-order valence-corrected chi connectivity index (χ3v) is 3.21. The molecule has 0 aliphatic heterocycles. The first-order valence-corrected chi connectivity index (χ1v) is 6.42. The SMILES string of the molecule is CC(C)c1ccc(Cn2cncc2[C@@H](C)N)cc1. The number of nitrogens with two attached hydrogens (primary N) is 1. The first-order chi connectivity index (χ1) is 8.58. The number of imidazole rings is 1. The number of hydrogen-bond donors (Lipinski definition) is 1. The molecule has 2 N–H and O–H groups in total. The number of rotatable bonds is 4. The molecule has 3 heteroatoms. The lowest BCUT2D eigenvalue weighted by molar-refractivity contribution is 0.674. The van der Waals surface area contributed by atoms with Crippen LogP contribution in [0.5, 0.6) is 0 Å². The molecule has 0 unspecified atom stereocenters. The van der Waals surface area contributed by atoms with Gasteiger partial charge >= 0.3 is 0 Å². The van der Waals surface area contributed by atoms with Gasteiger partial charge in [-0.2, -0.15) is 0 Å². The zero-order chi connectivity index (χ0) is 13.1. The highest BCUT2D eigenvalue weighted by Gasteiger charge is 2.07. The maximum Gasteiger partial charge on any atom is 0.0951 e. The van der Waals surface area contributed by atoms with Gasteiger partial charge in [0.2, 0.25) is 0 Å². The average Bonchev–Trinajstić information content (AvgIpc) is 2.78. The van der Waals surface area contributed by atoms with Gasteiger partial charge in [-0.05, 0) is 24.0 Å². The largest absolute Gasteiger partial charge is 0.329 e. The normalized spacial score (nSPS) is 12.9. The van der Waals surface area contributed by atoms with E-state index in [0.717, 1.165) is 12.2 Å². The standard InChI is InChI=1S/C15H21N3/c1-11(2)14-6-4-13(5-7-14)9-18-10-17-8-15(18)12(3)16/h4-8,10-12H,9,16H2,1-3H3/t12-/m1/s1. The van der Waals surface area contributed by atoms with Crippen molar-refractivity contribution in [2.75, 3.05) is 0 Å². The van der Waals surface area contributed by atoms with Gasteiger partial charge in [0, 0.05) is 18.8 Å². The molecule has 1 atom stereocenters. The quantitative estimate of drug-likeness (QED) is 0.896. The Labute approximate surface area is 109 Å². The van der Waals surface area contributed by atoms with Crippen LogP contribution in [0.1, 0.15) is 49.6 Å². The minimum atomic E-state index is 0.0161. The van der Waals surface area contributed by atoms with Gasteiger partial charge < -0.3 is 10.3 Å². The van der Waals surface area contributed by atoms with Crippen molar-refractivity contribution in [3.63, 3.8) is 0 Å². The van der Waals surface area contributed by atoms with Crippen LogP contribution in [-0.2, 0) is 6.54 Å². The molecule has 0 bridgehead atoms. The van der Waals surface area contributed by atoms with Crippen LogP contribution in [0, 0.1) is 0 Å². The molecule has 1 heterocycles. The van der Waals surface area contributed by atoms with E-state index in [1.165, 1.54) is 11.1 Å². The van der Waals surface area contributed by atoms with Crippen LogP contribution in [0.2, 0.25) is 0 Å². The van der Waals surface area contributed by atoms with E-state index < -0.39 is 0 Å². The predicted molar refractivity (Wildman–Crippen MR) is 74.5 cm³/mol. The lowest BCUT2D eigenvalue weighted by atomic mass is 10.0. The van der Waals surface area contributed by atoms with Gasteiger partial charge in [0.15, 0.2) is 0 Å². The van der Waals surface area contributed by atoms with E-state index >= 15 is 0 Å². The van der Waals surface area contributed by atoms with Crippen molar-refractivity contribution in [2.45, 2.75) is 39.3 Å². The molecule has 0 saturated heterocycles. The fourth-order valence-corrected chi connectivity index (χ4v) is 2.05. The van der Waals surface area contributed by atoms with Gasteiger partial charge in [0.25, 0.3) is 0 Å².